The Balaban J connectivity index is 2.00. The smallest absolute Gasteiger partial charge is 0.163 e. The Bertz CT molecular complexity index is 585. The lowest BCUT2D eigenvalue weighted by Gasteiger charge is -2.05. The highest BCUT2D eigenvalue weighted by Crippen LogP contribution is 2.15. The maximum atomic E-state index is 12.0. The molecule has 98 valence electrons. The third kappa shape index (κ3) is 3.68. The van der Waals surface area contributed by atoms with Gasteiger partial charge in [-0.2, -0.15) is 0 Å². The van der Waals surface area contributed by atoms with Crippen LogP contribution >= 0.6 is 11.6 Å². The summed E-state index contributed by atoms with van der Waals surface area (Å²) >= 11 is 5.81. The zero-order chi connectivity index (χ0) is 13.8. The van der Waals surface area contributed by atoms with Crippen LogP contribution in [0.2, 0.25) is 5.02 Å². The third-order valence-electron chi connectivity index (χ3n) is 3.38. The molecule has 0 bridgehead atoms. The molecule has 0 aromatic heterocycles. The number of Topliss-reactive ketones (excluding diaryl/α,β-unsaturated/α-hetero) is 1. The van der Waals surface area contributed by atoms with Gasteiger partial charge >= 0.3 is 0 Å². The summed E-state index contributed by atoms with van der Waals surface area (Å²) in [6.45, 7) is 4.19. The maximum Gasteiger partial charge on any atom is 0.163 e. The molecule has 2 aromatic rings. The SMILES string of the molecule is Cc1ccc(CCC(=O)c2ccc(Cl)cc2)cc1C. The molecule has 0 saturated carbocycles. The Morgan fingerprint density at radius 1 is 1.00 bits per heavy atom. The first-order valence-electron chi connectivity index (χ1n) is 6.41. The van der Waals surface area contributed by atoms with E-state index in [0.717, 1.165) is 12.0 Å². The van der Waals surface area contributed by atoms with Crippen LogP contribution in [0.25, 0.3) is 0 Å². The quantitative estimate of drug-likeness (QED) is 0.733. The lowest BCUT2D eigenvalue weighted by molar-refractivity contribution is 0.0983. The second-order valence-electron chi connectivity index (χ2n) is 4.85. The predicted molar refractivity (Wildman–Crippen MR) is 80.0 cm³/mol. The summed E-state index contributed by atoms with van der Waals surface area (Å²) in [6.07, 6.45) is 1.31. The van der Waals surface area contributed by atoms with E-state index in [1.807, 2.05) is 0 Å². The Morgan fingerprint density at radius 2 is 1.68 bits per heavy atom. The average molecular weight is 273 g/mol. The van der Waals surface area contributed by atoms with Crippen molar-refractivity contribution < 1.29 is 4.79 Å². The third-order valence-corrected chi connectivity index (χ3v) is 3.63. The van der Waals surface area contributed by atoms with Gasteiger partial charge in [-0.15, -0.1) is 0 Å². The normalized spacial score (nSPS) is 10.5. The van der Waals surface area contributed by atoms with Crippen LogP contribution in [-0.2, 0) is 6.42 Å². The minimum atomic E-state index is 0.162. The van der Waals surface area contributed by atoms with Crippen LogP contribution in [0.4, 0.5) is 0 Å². The van der Waals surface area contributed by atoms with Gasteiger partial charge in [0.1, 0.15) is 0 Å². The van der Waals surface area contributed by atoms with E-state index in [4.69, 9.17) is 11.6 Å². The van der Waals surface area contributed by atoms with Crippen molar-refractivity contribution in [3.05, 3.63) is 69.7 Å². The van der Waals surface area contributed by atoms with Crippen LogP contribution in [-0.4, -0.2) is 5.78 Å². The Morgan fingerprint density at radius 3 is 2.32 bits per heavy atom. The molecule has 2 aromatic carbocycles. The number of hydrogen-bond acceptors (Lipinski definition) is 1. The summed E-state index contributed by atoms with van der Waals surface area (Å²) in [5, 5.41) is 0.658. The van der Waals surface area contributed by atoms with E-state index < -0.39 is 0 Å². The van der Waals surface area contributed by atoms with E-state index in [1.54, 1.807) is 24.3 Å². The van der Waals surface area contributed by atoms with Crippen LogP contribution in [0.5, 0.6) is 0 Å². The van der Waals surface area contributed by atoms with Gasteiger partial charge in [-0.25, -0.2) is 0 Å². The molecule has 0 aliphatic rings. The van der Waals surface area contributed by atoms with Gasteiger partial charge in [0.25, 0.3) is 0 Å². The van der Waals surface area contributed by atoms with Crippen molar-refractivity contribution >= 4 is 17.4 Å². The zero-order valence-electron chi connectivity index (χ0n) is 11.2. The molecular weight excluding hydrogens is 256 g/mol. The molecule has 0 aliphatic heterocycles. The number of rotatable bonds is 4. The van der Waals surface area contributed by atoms with Crippen LogP contribution in [0, 0.1) is 13.8 Å². The second-order valence-corrected chi connectivity index (χ2v) is 5.29. The topological polar surface area (TPSA) is 17.1 Å². The zero-order valence-corrected chi connectivity index (χ0v) is 12.0. The Hall–Kier alpha value is -1.60. The summed E-state index contributed by atoms with van der Waals surface area (Å²) < 4.78 is 0. The minimum Gasteiger partial charge on any atom is -0.294 e. The van der Waals surface area contributed by atoms with Gasteiger partial charge in [0.2, 0.25) is 0 Å². The van der Waals surface area contributed by atoms with Crippen molar-refractivity contribution in [3.63, 3.8) is 0 Å². The first-order chi connectivity index (χ1) is 9.06. The predicted octanol–water partition coefficient (Wildman–Crippen LogP) is 4.77. The molecule has 0 heterocycles. The van der Waals surface area contributed by atoms with Crippen LogP contribution in [0.3, 0.4) is 0 Å². The fourth-order valence-electron chi connectivity index (χ4n) is 2.00. The summed E-state index contributed by atoms with van der Waals surface area (Å²) in [6, 6.07) is 13.4. The fraction of sp³-hybridized carbons (Fsp3) is 0.235. The lowest BCUT2D eigenvalue weighted by atomic mass is 10.00. The van der Waals surface area contributed by atoms with Crippen LogP contribution in [0.15, 0.2) is 42.5 Å². The van der Waals surface area contributed by atoms with Crippen molar-refractivity contribution in [2.75, 3.05) is 0 Å². The molecular formula is C17H17ClO. The molecule has 2 heteroatoms. The summed E-state index contributed by atoms with van der Waals surface area (Å²) in [5.41, 5.74) is 4.50. The van der Waals surface area contributed by atoms with E-state index in [9.17, 15) is 4.79 Å². The maximum absolute atomic E-state index is 12.0. The van der Waals surface area contributed by atoms with Gasteiger partial charge in [-0.1, -0.05) is 29.8 Å². The fourth-order valence-corrected chi connectivity index (χ4v) is 2.12. The number of halogens is 1. The molecule has 0 radical (unpaired) electrons. The van der Waals surface area contributed by atoms with Crippen LogP contribution < -0.4 is 0 Å². The standard InChI is InChI=1S/C17H17ClO/c1-12-3-4-14(11-13(12)2)5-10-17(19)15-6-8-16(18)9-7-15/h3-4,6-9,11H,5,10H2,1-2H3. The van der Waals surface area contributed by atoms with Gasteiger partial charge in [0, 0.05) is 17.0 Å². The molecule has 0 saturated heterocycles. The monoisotopic (exact) mass is 272 g/mol. The molecule has 2 rings (SSSR count). The number of carbonyl (C=O) groups excluding carboxylic acids is 1. The lowest BCUT2D eigenvalue weighted by Crippen LogP contribution is -2.01. The van der Waals surface area contributed by atoms with Crippen molar-refractivity contribution in [2.45, 2.75) is 26.7 Å². The average Bonchev–Trinajstić information content (AvgIpc) is 2.40. The van der Waals surface area contributed by atoms with E-state index >= 15 is 0 Å². The van der Waals surface area contributed by atoms with E-state index in [1.165, 1.54) is 16.7 Å². The van der Waals surface area contributed by atoms with E-state index in [2.05, 4.69) is 32.0 Å². The molecule has 0 spiro atoms. The molecule has 19 heavy (non-hydrogen) atoms. The van der Waals surface area contributed by atoms with E-state index in [-0.39, 0.29) is 5.78 Å². The largest absolute Gasteiger partial charge is 0.294 e. The molecule has 0 unspecified atom stereocenters. The summed E-state index contributed by atoms with van der Waals surface area (Å²) in [5.74, 6) is 0.162. The van der Waals surface area contributed by atoms with Crippen molar-refractivity contribution in [3.8, 4) is 0 Å². The van der Waals surface area contributed by atoms with Crippen molar-refractivity contribution in [1.29, 1.82) is 0 Å². The second kappa shape index (κ2) is 6.03. The highest BCUT2D eigenvalue weighted by molar-refractivity contribution is 6.30. The van der Waals surface area contributed by atoms with E-state index in [0.29, 0.717) is 11.4 Å². The van der Waals surface area contributed by atoms with Gasteiger partial charge in [-0.3, -0.25) is 4.79 Å². The van der Waals surface area contributed by atoms with Gasteiger partial charge in [0.05, 0.1) is 0 Å². The number of ketones is 1. The highest BCUT2D eigenvalue weighted by Gasteiger charge is 2.06. The van der Waals surface area contributed by atoms with Crippen molar-refractivity contribution in [1.82, 2.24) is 0 Å². The molecule has 0 amide bonds. The first kappa shape index (κ1) is 13.8. The van der Waals surface area contributed by atoms with Gasteiger partial charge < -0.3 is 0 Å². The van der Waals surface area contributed by atoms with Gasteiger partial charge in [0.15, 0.2) is 5.78 Å². The number of carbonyl (C=O) groups is 1. The molecule has 0 fully saturated rings. The molecule has 0 atom stereocenters. The summed E-state index contributed by atoms with van der Waals surface area (Å²) in [4.78, 5) is 12.0. The number of benzene rings is 2. The number of hydrogen-bond donors (Lipinski definition) is 0. The van der Waals surface area contributed by atoms with Gasteiger partial charge in [-0.05, 0) is 61.2 Å². The summed E-state index contributed by atoms with van der Waals surface area (Å²) in [7, 11) is 0. The molecule has 0 N–H and O–H groups in total. The Labute approximate surface area is 119 Å². The Kier molecular flexibility index (Phi) is 4.39. The minimum absolute atomic E-state index is 0.162. The van der Waals surface area contributed by atoms with Crippen molar-refractivity contribution in [2.24, 2.45) is 0 Å². The molecule has 1 nitrogen and oxygen atoms in total. The highest BCUT2D eigenvalue weighted by atomic mass is 35.5. The number of aryl methyl sites for hydroxylation is 3. The van der Waals surface area contributed by atoms with Crippen LogP contribution in [0.1, 0.15) is 33.5 Å². The molecule has 0 aliphatic carbocycles. The first-order valence-corrected chi connectivity index (χ1v) is 6.79.